The van der Waals surface area contributed by atoms with E-state index in [9.17, 15) is 14.4 Å². The average molecular weight is 490 g/mol. The van der Waals surface area contributed by atoms with Crippen molar-refractivity contribution in [1.82, 2.24) is 5.32 Å². The first-order valence-electron chi connectivity index (χ1n) is 11.7. The summed E-state index contributed by atoms with van der Waals surface area (Å²) < 4.78 is 11.4. The molecule has 0 aromatic rings. The molecule has 0 saturated heterocycles. The minimum Gasteiger partial charge on any atom is -0.378 e. The van der Waals surface area contributed by atoms with Gasteiger partial charge in [-0.25, -0.2) is 0 Å². The van der Waals surface area contributed by atoms with Gasteiger partial charge >= 0.3 is 0 Å². The molecule has 0 aromatic heterocycles. The van der Waals surface area contributed by atoms with Crippen LogP contribution in [0.3, 0.4) is 0 Å². The number of amides is 3. The Balaban J connectivity index is 4.02. The Morgan fingerprint density at radius 1 is 0.970 bits per heavy atom. The first-order chi connectivity index (χ1) is 15.0. The molecule has 3 amide bonds. The highest BCUT2D eigenvalue weighted by molar-refractivity contribution is 7.99. The number of thioether (sulfide) groups is 1. The van der Waals surface area contributed by atoms with Gasteiger partial charge in [0.1, 0.15) is 0 Å². The summed E-state index contributed by atoms with van der Waals surface area (Å²) in [4.78, 5) is 34.2. The molecule has 0 spiro atoms. The quantitative estimate of drug-likeness (QED) is 0.239. The van der Waals surface area contributed by atoms with E-state index < -0.39 is 5.60 Å². The van der Waals surface area contributed by atoms with E-state index in [1.54, 1.807) is 11.8 Å². The molecule has 0 bridgehead atoms. The third-order valence-corrected chi connectivity index (χ3v) is 6.57. The van der Waals surface area contributed by atoms with Crippen LogP contribution < -0.4 is 16.8 Å². The molecule has 0 rings (SSSR count). The van der Waals surface area contributed by atoms with E-state index in [0.717, 1.165) is 17.9 Å². The Morgan fingerprint density at radius 2 is 1.61 bits per heavy atom. The Labute approximate surface area is 204 Å². The maximum atomic E-state index is 12.2. The van der Waals surface area contributed by atoms with Gasteiger partial charge in [-0.1, -0.05) is 27.7 Å². The highest BCUT2D eigenvalue weighted by atomic mass is 32.2. The number of hydrogen-bond acceptors (Lipinski definition) is 6. The van der Waals surface area contributed by atoms with E-state index in [0.29, 0.717) is 39.0 Å². The number of carbonyl (C=O) groups excluding carboxylic acids is 3. The summed E-state index contributed by atoms with van der Waals surface area (Å²) in [6.45, 7) is 15.7. The van der Waals surface area contributed by atoms with Gasteiger partial charge in [0.05, 0.1) is 24.7 Å². The number of nitrogens with two attached hydrogens (primary N) is 2. The molecule has 0 saturated carbocycles. The van der Waals surface area contributed by atoms with Crippen molar-refractivity contribution in [3.63, 3.8) is 0 Å². The summed E-state index contributed by atoms with van der Waals surface area (Å²) >= 11 is 1.80. The van der Waals surface area contributed by atoms with Gasteiger partial charge in [-0.15, -0.1) is 0 Å². The molecule has 0 aliphatic carbocycles. The molecule has 194 valence electrons. The second kappa shape index (κ2) is 14.8. The molecule has 0 aromatic carbocycles. The van der Waals surface area contributed by atoms with Crippen molar-refractivity contribution in [2.45, 2.75) is 92.3 Å². The number of ether oxygens (including phenoxy) is 2. The first kappa shape index (κ1) is 31.7. The van der Waals surface area contributed by atoms with Crippen LogP contribution in [0.25, 0.3) is 0 Å². The van der Waals surface area contributed by atoms with Crippen LogP contribution in [0.4, 0.5) is 0 Å². The van der Waals surface area contributed by atoms with Crippen LogP contribution >= 0.6 is 11.8 Å². The monoisotopic (exact) mass is 489 g/mol. The third-order valence-electron chi connectivity index (χ3n) is 5.09. The van der Waals surface area contributed by atoms with Crippen LogP contribution in [0.5, 0.6) is 0 Å². The number of carbonyl (C=O) groups is 3. The van der Waals surface area contributed by atoms with E-state index in [2.05, 4.69) is 33.0 Å². The van der Waals surface area contributed by atoms with Crippen molar-refractivity contribution in [3.8, 4) is 0 Å². The molecular weight excluding hydrogens is 442 g/mol. The SMILES string of the molecule is CC(CC(=O)NCCSCC(C)(C)CC(C)(C)CC(N)=O)OCCC(C)(C)OCCC(N)=O. The van der Waals surface area contributed by atoms with Gasteiger partial charge in [0.25, 0.3) is 0 Å². The van der Waals surface area contributed by atoms with E-state index in [1.165, 1.54) is 0 Å². The Bertz CT molecular complexity index is 623. The maximum absolute atomic E-state index is 12.2. The van der Waals surface area contributed by atoms with Gasteiger partial charge < -0.3 is 26.3 Å². The van der Waals surface area contributed by atoms with Crippen LogP contribution in [-0.2, 0) is 23.9 Å². The van der Waals surface area contributed by atoms with E-state index in [1.807, 2.05) is 20.8 Å². The zero-order valence-corrected chi connectivity index (χ0v) is 22.6. The van der Waals surface area contributed by atoms with Crippen LogP contribution in [0.2, 0.25) is 0 Å². The fourth-order valence-corrected chi connectivity index (χ4v) is 4.94. The Hall–Kier alpha value is -1.32. The molecular formula is C24H47N3O5S. The van der Waals surface area contributed by atoms with Gasteiger partial charge in [0.15, 0.2) is 0 Å². The van der Waals surface area contributed by atoms with Gasteiger partial charge in [-0.05, 0) is 50.2 Å². The lowest BCUT2D eigenvalue weighted by atomic mass is 9.74. The predicted molar refractivity (Wildman–Crippen MR) is 135 cm³/mol. The molecule has 1 unspecified atom stereocenters. The minimum absolute atomic E-state index is 0.0260. The van der Waals surface area contributed by atoms with Crippen molar-refractivity contribution in [3.05, 3.63) is 0 Å². The number of hydrogen-bond donors (Lipinski definition) is 3. The lowest BCUT2D eigenvalue weighted by Gasteiger charge is -2.34. The van der Waals surface area contributed by atoms with Crippen molar-refractivity contribution >= 4 is 29.5 Å². The smallest absolute Gasteiger partial charge is 0.222 e. The van der Waals surface area contributed by atoms with Gasteiger partial charge in [-0.2, -0.15) is 11.8 Å². The summed E-state index contributed by atoms with van der Waals surface area (Å²) in [5.74, 6) is 1.11. The van der Waals surface area contributed by atoms with Crippen molar-refractivity contribution in [2.75, 3.05) is 31.3 Å². The molecule has 0 heterocycles. The Kier molecular flexibility index (Phi) is 14.2. The zero-order chi connectivity index (χ0) is 25.7. The van der Waals surface area contributed by atoms with Gasteiger partial charge in [0.2, 0.25) is 17.7 Å². The molecule has 8 nitrogen and oxygen atoms in total. The molecule has 1 atom stereocenters. The van der Waals surface area contributed by atoms with E-state index in [4.69, 9.17) is 20.9 Å². The second-order valence-electron chi connectivity index (χ2n) is 11.0. The summed E-state index contributed by atoms with van der Waals surface area (Å²) in [6.07, 6.45) is 2.26. The molecule has 5 N–H and O–H groups in total. The Morgan fingerprint density at radius 3 is 2.18 bits per heavy atom. The minimum atomic E-state index is -0.419. The summed E-state index contributed by atoms with van der Waals surface area (Å²) in [7, 11) is 0. The first-order valence-corrected chi connectivity index (χ1v) is 12.9. The molecule has 0 fully saturated rings. The van der Waals surface area contributed by atoms with Crippen LogP contribution in [0, 0.1) is 10.8 Å². The lowest BCUT2D eigenvalue weighted by molar-refractivity contribution is -0.124. The molecule has 0 radical (unpaired) electrons. The number of rotatable bonds is 19. The highest BCUT2D eigenvalue weighted by Gasteiger charge is 2.30. The predicted octanol–water partition coefficient (Wildman–Crippen LogP) is 3.01. The molecule has 9 heteroatoms. The summed E-state index contributed by atoms with van der Waals surface area (Å²) in [6, 6.07) is 0. The van der Waals surface area contributed by atoms with Crippen LogP contribution in [0.15, 0.2) is 0 Å². The highest BCUT2D eigenvalue weighted by Crippen LogP contribution is 2.38. The summed E-state index contributed by atoms with van der Waals surface area (Å²) in [5.41, 5.74) is 10.0. The topological polar surface area (TPSA) is 134 Å². The van der Waals surface area contributed by atoms with Crippen LogP contribution in [-0.4, -0.2) is 60.7 Å². The fourth-order valence-electron chi connectivity index (χ4n) is 3.89. The fraction of sp³-hybridized carbons (Fsp3) is 0.875. The van der Waals surface area contributed by atoms with Crippen LogP contribution in [0.1, 0.15) is 80.6 Å². The van der Waals surface area contributed by atoms with Crippen molar-refractivity contribution in [2.24, 2.45) is 22.3 Å². The average Bonchev–Trinajstić information content (AvgIpc) is 2.58. The number of nitrogens with one attached hydrogen (secondary N) is 1. The van der Waals surface area contributed by atoms with Gasteiger partial charge in [0, 0.05) is 31.7 Å². The molecule has 0 aliphatic rings. The third kappa shape index (κ3) is 18.8. The van der Waals surface area contributed by atoms with Gasteiger partial charge in [-0.3, -0.25) is 14.4 Å². The molecule has 0 aliphatic heterocycles. The van der Waals surface area contributed by atoms with E-state index in [-0.39, 0.29) is 41.1 Å². The molecule has 33 heavy (non-hydrogen) atoms. The standard InChI is InChI=1S/C24H47N3O5S/c1-18(31-12-9-24(6,7)32-11-8-19(25)28)14-21(30)27-10-13-33-17-23(4,5)16-22(2,3)15-20(26)29/h18H,8-17H2,1-7H3,(H2,25,28)(H2,26,29)(H,27,30). The lowest BCUT2D eigenvalue weighted by Crippen LogP contribution is -2.32. The number of primary amides is 2. The second-order valence-corrected chi connectivity index (χ2v) is 12.1. The summed E-state index contributed by atoms with van der Waals surface area (Å²) in [5, 5.41) is 2.95. The largest absolute Gasteiger partial charge is 0.378 e. The van der Waals surface area contributed by atoms with Crippen molar-refractivity contribution in [1.29, 1.82) is 0 Å². The zero-order valence-electron chi connectivity index (χ0n) is 21.8. The van der Waals surface area contributed by atoms with E-state index >= 15 is 0 Å². The normalized spacial score (nSPS) is 13.5. The maximum Gasteiger partial charge on any atom is 0.222 e. The van der Waals surface area contributed by atoms with Crippen molar-refractivity contribution < 1.29 is 23.9 Å².